The minimum absolute atomic E-state index is 0.205. The van der Waals surface area contributed by atoms with Crippen LogP contribution in [-0.2, 0) is 21.4 Å². The van der Waals surface area contributed by atoms with E-state index in [2.05, 4.69) is 21.6 Å². The Labute approximate surface area is 224 Å². The second-order valence-corrected chi connectivity index (χ2v) is 11.8. The van der Waals surface area contributed by atoms with Crippen LogP contribution in [0.25, 0.3) is 16.5 Å². The molecule has 2 aromatic heterocycles. The monoisotopic (exact) mass is 550 g/mol. The summed E-state index contributed by atoms with van der Waals surface area (Å²) in [7, 11) is 0.179. The standard InChI is InChI=1S/C27H26N4O5S2/c1-30(2)17-20-6-5-7-21(16-20)24-11-13-26(37-24)38(35,36)31-15-14-19(18-31)10-12-25(32)28-22-8-3-4-9-23(22)29-27(33)34/h3-16,18,29H,17H2,1-2H3,(H,28,32)(H,33,34). The lowest BCUT2D eigenvalue weighted by atomic mass is 10.1. The summed E-state index contributed by atoms with van der Waals surface area (Å²) in [4.78, 5) is 26.2. The third-order valence-electron chi connectivity index (χ3n) is 5.37. The smallest absolute Gasteiger partial charge is 0.409 e. The van der Waals surface area contributed by atoms with Crippen molar-refractivity contribution in [3.8, 4) is 10.4 Å². The van der Waals surface area contributed by atoms with Crippen LogP contribution in [0.2, 0.25) is 0 Å². The Balaban J connectivity index is 1.47. The van der Waals surface area contributed by atoms with Gasteiger partial charge in [0.2, 0.25) is 5.91 Å². The molecule has 38 heavy (non-hydrogen) atoms. The Kier molecular flexibility index (Phi) is 8.10. The Morgan fingerprint density at radius 3 is 2.45 bits per heavy atom. The van der Waals surface area contributed by atoms with Crippen molar-refractivity contribution in [3.05, 3.63) is 96.3 Å². The number of carbonyl (C=O) groups is 2. The molecule has 2 amide bonds. The Morgan fingerprint density at radius 1 is 1.00 bits per heavy atom. The minimum atomic E-state index is -3.81. The fourth-order valence-corrected chi connectivity index (χ4v) is 6.32. The van der Waals surface area contributed by atoms with Gasteiger partial charge in [-0.15, -0.1) is 11.3 Å². The van der Waals surface area contributed by atoms with E-state index in [0.29, 0.717) is 11.3 Å². The van der Waals surface area contributed by atoms with E-state index in [9.17, 15) is 18.0 Å². The van der Waals surface area contributed by atoms with Gasteiger partial charge in [-0.2, -0.15) is 8.42 Å². The number of benzene rings is 2. The van der Waals surface area contributed by atoms with E-state index in [-0.39, 0.29) is 9.90 Å². The highest BCUT2D eigenvalue weighted by Crippen LogP contribution is 2.32. The van der Waals surface area contributed by atoms with Crippen molar-refractivity contribution < 1.29 is 23.1 Å². The van der Waals surface area contributed by atoms with Crippen LogP contribution in [0.5, 0.6) is 0 Å². The average molecular weight is 551 g/mol. The summed E-state index contributed by atoms with van der Waals surface area (Å²) in [6.45, 7) is 0.786. The predicted octanol–water partition coefficient (Wildman–Crippen LogP) is 5.26. The normalized spacial score (nSPS) is 11.7. The average Bonchev–Trinajstić information content (AvgIpc) is 3.55. The molecule has 9 nitrogen and oxygen atoms in total. The van der Waals surface area contributed by atoms with Gasteiger partial charge in [0.1, 0.15) is 4.21 Å². The maximum atomic E-state index is 13.2. The number of para-hydroxylation sites is 2. The zero-order chi connectivity index (χ0) is 27.3. The van der Waals surface area contributed by atoms with Gasteiger partial charge in [-0.05, 0) is 73.3 Å². The molecule has 4 aromatic rings. The van der Waals surface area contributed by atoms with Crippen LogP contribution >= 0.6 is 11.3 Å². The molecule has 0 bridgehead atoms. The van der Waals surface area contributed by atoms with Crippen molar-refractivity contribution in [1.82, 2.24) is 8.87 Å². The highest BCUT2D eigenvalue weighted by Gasteiger charge is 2.20. The number of hydrogen-bond donors (Lipinski definition) is 3. The molecule has 0 saturated heterocycles. The maximum absolute atomic E-state index is 13.2. The van der Waals surface area contributed by atoms with Gasteiger partial charge < -0.3 is 15.3 Å². The zero-order valence-electron chi connectivity index (χ0n) is 20.7. The second-order valence-electron chi connectivity index (χ2n) is 8.63. The van der Waals surface area contributed by atoms with Gasteiger partial charge in [0.25, 0.3) is 10.0 Å². The fraction of sp³-hybridized carbons (Fsp3) is 0.111. The van der Waals surface area contributed by atoms with Gasteiger partial charge in [0.15, 0.2) is 0 Å². The van der Waals surface area contributed by atoms with Crippen LogP contribution in [0, 0.1) is 0 Å². The van der Waals surface area contributed by atoms with Crippen LogP contribution in [0.3, 0.4) is 0 Å². The molecule has 0 aliphatic heterocycles. The molecule has 196 valence electrons. The van der Waals surface area contributed by atoms with Crippen molar-refractivity contribution >= 4 is 50.8 Å². The topological polar surface area (TPSA) is 121 Å². The lowest BCUT2D eigenvalue weighted by Crippen LogP contribution is -2.13. The highest BCUT2D eigenvalue weighted by atomic mass is 32.2. The molecule has 11 heteroatoms. The maximum Gasteiger partial charge on any atom is 0.409 e. The van der Waals surface area contributed by atoms with E-state index in [1.807, 2.05) is 32.3 Å². The number of rotatable bonds is 9. The van der Waals surface area contributed by atoms with Gasteiger partial charge in [0.05, 0.1) is 11.4 Å². The molecule has 0 saturated carbocycles. The molecule has 0 radical (unpaired) electrons. The zero-order valence-corrected chi connectivity index (χ0v) is 22.3. The molecule has 2 heterocycles. The predicted molar refractivity (Wildman–Crippen MR) is 150 cm³/mol. The molecule has 0 spiro atoms. The molecule has 0 fully saturated rings. The molecule has 3 N–H and O–H groups in total. The number of thiophene rings is 1. The lowest BCUT2D eigenvalue weighted by molar-refractivity contribution is -0.111. The van der Waals surface area contributed by atoms with Gasteiger partial charge in [-0.1, -0.05) is 30.3 Å². The van der Waals surface area contributed by atoms with E-state index in [4.69, 9.17) is 5.11 Å². The van der Waals surface area contributed by atoms with Crippen molar-refractivity contribution in [2.24, 2.45) is 0 Å². The largest absolute Gasteiger partial charge is 0.465 e. The fourth-order valence-electron chi connectivity index (χ4n) is 3.71. The summed E-state index contributed by atoms with van der Waals surface area (Å²) in [5.74, 6) is -0.500. The van der Waals surface area contributed by atoms with E-state index < -0.39 is 22.0 Å². The number of hydrogen-bond acceptors (Lipinski definition) is 6. The number of carboxylic acid groups (broad SMARTS) is 1. The number of aromatic nitrogens is 1. The van der Waals surface area contributed by atoms with Gasteiger partial charge in [0, 0.05) is 29.9 Å². The lowest BCUT2D eigenvalue weighted by Gasteiger charge is -2.10. The Hall–Kier alpha value is -4.19. The van der Waals surface area contributed by atoms with Crippen LogP contribution in [-0.4, -0.2) is 48.5 Å². The SMILES string of the molecule is CN(C)Cc1cccc(-c2ccc(S(=O)(=O)n3ccc(C=CC(=O)Nc4ccccc4NC(=O)O)c3)s2)c1. The first-order chi connectivity index (χ1) is 18.1. The summed E-state index contributed by atoms with van der Waals surface area (Å²) < 4.78 is 27.8. The highest BCUT2D eigenvalue weighted by molar-refractivity contribution is 7.92. The van der Waals surface area contributed by atoms with Gasteiger partial charge in [-0.3, -0.25) is 10.1 Å². The summed E-state index contributed by atoms with van der Waals surface area (Å²) in [6.07, 6.45) is 4.32. The molecule has 2 aromatic carbocycles. The van der Waals surface area contributed by atoms with Crippen LogP contribution in [0.4, 0.5) is 16.2 Å². The number of nitrogens with one attached hydrogen (secondary N) is 2. The third-order valence-corrected chi connectivity index (χ3v) is 8.60. The van der Waals surface area contributed by atoms with E-state index >= 15 is 0 Å². The van der Waals surface area contributed by atoms with Crippen molar-refractivity contribution in [2.75, 3.05) is 24.7 Å². The van der Waals surface area contributed by atoms with E-state index in [1.54, 1.807) is 36.4 Å². The van der Waals surface area contributed by atoms with Gasteiger partial charge in [-0.25, -0.2) is 8.77 Å². The van der Waals surface area contributed by atoms with Crippen molar-refractivity contribution in [2.45, 2.75) is 10.8 Å². The molecule has 0 aliphatic rings. The minimum Gasteiger partial charge on any atom is -0.465 e. The first-order valence-corrected chi connectivity index (χ1v) is 13.7. The number of nitrogens with zero attached hydrogens (tertiary/aromatic N) is 2. The summed E-state index contributed by atoms with van der Waals surface area (Å²) in [5, 5.41) is 13.8. The summed E-state index contributed by atoms with van der Waals surface area (Å²) in [5.41, 5.74) is 3.13. The molecular formula is C27H26N4O5S2. The van der Waals surface area contributed by atoms with Crippen molar-refractivity contribution in [3.63, 3.8) is 0 Å². The quantitative estimate of drug-likeness (QED) is 0.245. The molecular weight excluding hydrogens is 524 g/mol. The van der Waals surface area contributed by atoms with E-state index in [1.165, 1.54) is 41.9 Å². The molecule has 0 aliphatic carbocycles. The number of anilines is 2. The first kappa shape index (κ1) is 26.9. The number of amides is 2. The molecule has 0 atom stereocenters. The second kappa shape index (κ2) is 11.5. The van der Waals surface area contributed by atoms with Crippen LogP contribution in [0.15, 0.2) is 89.4 Å². The number of carbonyl (C=O) groups excluding carboxylic acids is 1. The van der Waals surface area contributed by atoms with Crippen LogP contribution < -0.4 is 10.6 Å². The van der Waals surface area contributed by atoms with Crippen LogP contribution in [0.1, 0.15) is 11.1 Å². The molecule has 0 unspecified atom stereocenters. The van der Waals surface area contributed by atoms with Gasteiger partial charge >= 0.3 is 6.09 Å². The van der Waals surface area contributed by atoms with Crippen molar-refractivity contribution in [1.29, 1.82) is 0 Å². The Morgan fingerprint density at radius 2 is 1.74 bits per heavy atom. The Bertz CT molecular complexity index is 1600. The third kappa shape index (κ3) is 6.57. The van der Waals surface area contributed by atoms with E-state index in [0.717, 1.165) is 26.5 Å². The summed E-state index contributed by atoms with van der Waals surface area (Å²) >= 11 is 1.20. The first-order valence-electron chi connectivity index (χ1n) is 11.5. The molecule has 4 rings (SSSR count). The summed E-state index contributed by atoms with van der Waals surface area (Å²) in [6, 6.07) is 19.4.